The second-order valence-electron chi connectivity index (χ2n) is 16.0. The van der Waals surface area contributed by atoms with Gasteiger partial charge >= 0.3 is 51.4 Å². The van der Waals surface area contributed by atoms with Crippen molar-refractivity contribution in [2.75, 3.05) is 13.6 Å². The minimum atomic E-state index is -2.30. The molecule has 51 heavy (non-hydrogen) atoms. The molecular weight excluding hydrogens is 688 g/mol. The Balaban J connectivity index is 0.00000583. The summed E-state index contributed by atoms with van der Waals surface area (Å²) >= 11 is 0. The molecule has 2 aromatic heterocycles. The van der Waals surface area contributed by atoms with E-state index in [1.165, 1.54) is 0 Å². The van der Waals surface area contributed by atoms with Crippen molar-refractivity contribution in [2.45, 2.75) is 145 Å². The molecule has 0 spiro atoms. The Bertz CT molecular complexity index is 1640. The summed E-state index contributed by atoms with van der Waals surface area (Å²) in [6.07, 6.45) is 16.7. The summed E-state index contributed by atoms with van der Waals surface area (Å²) in [7, 11) is -0.127. The van der Waals surface area contributed by atoms with Gasteiger partial charge in [0.25, 0.3) is 0 Å². The van der Waals surface area contributed by atoms with Gasteiger partial charge in [-0.2, -0.15) is 0 Å². The topological polar surface area (TPSA) is 110 Å². The van der Waals surface area contributed by atoms with E-state index in [0.29, 0.717) is 12.8 Å². The van der Waals surface area contributed by atoms with Crippen molar-refractivity contribution in [1.82, 2.24) is 29.2 Å². The van der Waals surface area contributed by atoms with Gasteiger partial charge in [-0.05, 0) is 120 Å². The molecule has 3 aromatic rings. The number of aromatic nitrogens is 3. The fraction of sp³-hybridized carbons (Fsp3) is 0.615. The largest absolute Gasteiger partial charge is 1.00 e. The van der Waals surface area contributed by atoms with Gasteiger partial charge in [-0.15, -0.1) is 0 Å². The minimum absolute atomic E-state index is 0. The third-order valence-corrected chi connectivity index (χ3v) is 12.2. The Morgan fingerprint density at radius 2 is 1.67 bits per heavy atom. The molecule has 4 atom stereocenters. The molecule has 12 heteroatoms. The van der Waals surface area contributed by atoms with Crippen LogP contribution in [0.3, 0.4) is 0 Å². The number of carbonyl (C=O) groups excluding carboxylic acids is 2. The SMILES string of the molecule is CCC(CC(CC(CC(C)n1ccc(CC(=O)NC2CC(C)(C)N(C)C(C)(C)C2)c1)c1ccc([S-](=O)=O)cc1)N1CCCC1=O)n1ccnc1.[K+]. The quantitative estimate of drug-likeness (QED) is 0.187. The first-order valence-corrected chi connectivity index (χ1v) is 19.4. The van der Waals surface area contributed by atoms with E-state index in [2.05, 4.69) is 90.2 Å². The summed E-state index contributed by atoms with van der Waals surface area (Å²) < 4.78 is 27.7. The van der Waals surface area contributed by atoms with Crippen molar-refractivity contribution in [3.05, 3.63) is 72.6 Å². The van der Waals surface area contributed by atoms with Crippen LogP contribution in [0.4, 0.5) is 0 Å². The molecule has 10 nitrogen and oxygen atoms in total. The van der Waals surface area contributed by atoms with E-state index in [0.717, 1.165) is 62.6 Å². The van der Waals surface area contributed by atoms with E-state index in [4.69, 9.17) is 0 Å². The zero-order valence-electron chi connectivity index (χ0n) is 32.0. The van der Waals surface area contributed by atoms with Crippen LogP contribution < -0.4 is 56.7 Å². The number of hydrogen-bond donors (Lipinski definition) is 1. The first kappa shape index (κ1) is 41.9. The summed E-state index contributed by atoms with van der Waals surface area (Å²) in [4.78, 5) is 35.4. The molecule has 274 valence electrons. The molecule has 0 bridgehead atoms. The van der Waals surface area contributed by atoms with Gasteiger partial charge < -0.3 is 27.8 Å². The van der Waals surface area contributed by atoms with Gasteiger partial charge in [-0.1, -0.05) is 36.1 Å². The summed E-state index contributed by atoms with van der Waals surface area (Å²) in [5.41, 5.74) is 2.04. The number of benzene rings is 1. The van der Waals surface area contributed by atoms with Crippen molar-refractivity contribution in [1.29, 1.82) is 0 Å². The van der Waals surface area contributed by atoms with E-state index in [1.807, 2.05) is 30.7 Å². The van der Waals surface area contributed by atoms with Crippen LogP contribution in [0.1, 0.15) is 122 Å². The van der Waals surface area contributed by atoms with Gasteiger partial charge in [0.15, 0.2) is 0 Å². The zero-order valence-corrected chi connectivity index (χ0v) is 35.9. The fourth-order valence-corrected chi connectivity index (χ4v) is 8.92. The fourth-order valence-electron chi connectivity index (χ4n) is 8.56. The van der Waals surface area contributed by atoms with E-state index < -0.39 is 10.7 Å². The molecule has 2 aliphatic rings. The molecule has 1 aromatic carbocycles. The number of nitrogens with one attached hydrogen (secondary N) is 1. The van der Waals surface area contributed by atoms with E-state index >= 15 is 0 Å². The Morgan fingerprint density at radius 3 is 2.24 bits per heavy atom. The second kappa shape index (κ2) is 18.0. The Labute approximate surface area is 349 Å². The first-order valence-electron chi connectivity index (χ1n) is 18.3. The van der Waals surface area contributed by atoms with E-state index in [-0.39, 0.29) is 109 Å². The summed E-state index contributed by atoms with van der Waals surface area (Å²) in [6.45, 7) is 14.1. The number of carbonyl (C=O) groups is 2. The standard InChI is InChI=1S/C39H57N6O4S.K/c1-8-33(44-19-16-40-27-44)23-34(45-17-9-10-37(45)47)22-31(30-11-13-35(14-12-30)50(48)49)20-28(2)43-18-15-29(26-43)21-36(46)41-32-24-38(3,4)42(7)39(5,6)25-32;/h11-16,18-19,26-28,31-34H,8-10,17,20-25H2,1-7H3,(H,41,46);/q-1;+1. The van der Waals surface area contributed by atoms with Crippen LogP contribution in [-0.2, 0) is 35.1 Å². The molecule has 5 rings (SSSR count). The van der Waals surface area contributed by atoms with Crippen LogP contribution in [0.5, 0.6) is 0 Å². The van der Waals surface area contributed by atoms with Crippen LogP contribution in [0, 0.1) is 0 Å². The molecule has 2 fully saturated rings. The molecule has 4 unspecified atom stereocenters. The van der Waals surface area contributed by atoms with E-state index in [9.17, 15) is 18.0 Å². The van der Waals surface area contributed by atoms with Crippen molar-refractivity contribution in [3.63, 3.8) is 0 Å². The number of nitrogens with zero attached hydrogens (tertiary/aromatic N) is 5. The maximum atomic E-state index is 13.3. The second-order valence-corrected chi connectivity index (χ2v) is 16.9. The van der Waals surface area contributed by atoms with Gasteiger partial charge in [-0.25, -0.2) is 4.98 Å². The zero-order chi connectivity index (χ0) is 36.2. The first-order chi connectivity index (χ1) is 23.7. The smallest absolute Gasteiger partial charge is 0.420 e. The molecule has 2 amide bonds. The van der Waals surface area contributed by atoms with Crippen LogP contribution in [-0.4, -0.2) is 72.5 Å². The summed E-state index contributed by atoms with van der Waals surface area (Å²) in [5.74, 6) is 0.329. The van der Waals surface area contributed by atoms with Crippen LogP contribution in [0.15, 0.2) is 66.3 Å². The molecule has 0 saturated carbocycles. The molecule has 4 heterocycles. The van der Waals surface area contributed by atoms with Crippen molar-refractivity contribution in [2.24, 2.45) is 0 Å². The van der Waals surface area contributed by atoms with Crippen LogP contribution in [0.2, 0.25) is 0 Å². The Kier molecular flexibility index (Phi) is 14.8. The Morgan fingerprint density at radius 1 is 0.980 bits per heavy atom. The van der Waals surface area contributed by atoms with Crippen LogP contribution >= 0.6 is 0 Å². The number of imidazole rings is 1. The minimum Gasteiger partial charge on any atom is -0.420 e. The van der Waals surface area contributed by atoms with Gasteiger partial charge in [-0.3, -0.25) is 14.5 Å². The van der Waals surface area contributed by atoms with Gasteiger partial charge in [0.05, 0.1) is 12.7 Å². The predicted octanol–water partition coefficient (Wildman–Crippen LogP) is 3.82. The summed E-state index contributed by atoms with van der Waals surface area (Å²) in [6, 6.07) is 9.71. The van der Waals surface area contributed by atoms with Crippen molar-refractivity contribution < 1.29 is 69.4 Å². The van der Waals surface area contributed by atoms with Crippen molar-refractivity contribution in [3.8, 4) is 0 Å². The van der Waals surface area contributed by atoms with E-state index in [1.54, 1.807) is 18.3 Å². The number of likely N-dealkylation sites (tertiary alicyclic amines) is 2. The molecule has 2 aliphatic heterocycles. The normalized spacial score (nSPS) is 20.2. The average molecular weight is 745 g/mol. The third kappa shape index (κ3) is 10.7. The molecule has 0 aliphatic carbocycles. The average Bonchev–Trinajstić information content (AvgIpc) is 3.84. The van der Waals surface area contributed by atoms with Gasteiger partial charge in [0, 0.05) is 73.0 Å². The predicted molar refractivity (Wildman–Crippen MR) is 196 cm³/mol. The number of amides is 2. The van der Waals surface area contributed by atoms with Gasteiger partial charge in [0.1, 0.15) is 0 Å². The summed E-state index contributed by atoms with van der Waals surface area (Å²) in [5, 5.41) is 3.33. The number of piperidine rings is 1. The molecule has 1 N–H and O–H groups in total. The maximum absolute atomic E-state index is 13.3. The molecular formula is C39H57KN6O4S. The van der Waals surface area contributed by atoms with Crippen molar-refractivity contribution >= 4 is 22.5 Å². The maximum Gasteiger partial charge on any atom is 1.00 e. The third-order valence-electron chi connectivity index (χ3n) is 11.6. The van der Waals surface area contributed by atoms with Gasteiger partial charge in [0.2, 0.25) is 11.8 Å². The molecule has 2 saturated heterocycles. The number of rotatable bonds is 15. The number of hydrogen-bond acceptors (Lipinski definition) is 7. The van der Waals surface area contributed by atoms with Crippen LogP contribution in [0.25, 0.3) is 0 Å². The Hall–Kier alpha value is -1.80. The monoisotopic (exact) mass is 744 g/mol. The molecule has 0 radical (unpaired) electrons.